The Bertz CT molecular complexity index is 1240. The van der Waals surface area contributed by atoms with Gasteiger partial charge in [0.05, 0.1) is 22.9 Å². The van der Waals surface area contributed by atoms with Crippen LogP contribution in [0.4, 0.5) is 0 Å². The second-order valence-corrected chi connectivity index (χ2v) is 6.76. The number of carbonyl (C=O) groups excluding carboxylic acids is 1. The predicted octanol–water partition coefficient (Wildman–Crippen LogP) is 2.84. The summed E-state index contributed by atoms with van der Waals surface area (Å²) in [5.41, 5.74) is 4.04. The van der Waals surface area contributed by atoms with Gasteiger partial charge in [0.1, 0.15) is 5.69 Å². The molecule has 0 atom stereocenters. The van der Waals surface area contributed by atoms with E-state index in [1.165, 1.54) is 0 Å². The van der Waals surface area contributed by atoms with Gasteiger partial charge in [0, 0.05) is 30.4 Å². The highest BCUT2D eigenvalue weighted by Crippen LogP contribution is 2.14. The second kappa shape index (κ2) is 7.71. The Morgan fingerprint density at radius 2 is 1.93 bits per heavy atom. The first kappa shape index (κ1) is 18.6. The van der Waals surface area contributed by atoms with Crippen molar-refractivity contribution in [2.75, 3.05) is 0 Å². The molecule has 2 heterocycles. The molecule has 0 fully saturated rings. The first-order valence-corrected chi connectivity index (χ1v) is 9.45. The SMILES string of the molecule is CCn1c(=O)c(C)nc2cc(C(=O)NCc3cnn(-c4ccccc4)c3)ccc21. The zero-order valence-corrected chi connectivity index (χ0v) is 16.3. The standard InChI is InChI=1S/C22H21N5O2/c1-3-26-20-10-9-17(11-19(20)25-15(2)22(26)29)21(28)23-12-16-13-24-27(14-16)18-7-5-4-6-8-18/h4-11,13-14H,3,12H2,1-2H3,(H,23,28). The normalized spacial score (nSPS) is 11.0. The first-order chi connectivity index (χ1) is 14.1. The van der Waals surface area contributed by atoms with E-state index in [4.69, 9.17) is 0 Å². The van der Waals surface area contributed by atoms with Gasteiger partial charge >= 0.3 is 0 Å². The molecule has 1 amide bonds. The second-order valence-electron chi connectivity index (χ2n) is 6.76. The third-order valence-corrected chi connectivity index (χ3v) is 4.80. The fraction of sp³-hybridized carbons (Fsp3) is 0.182. The van der Waals surface area contributed by atoms with Gasteiger partial charge in [-0.2, -0.15) is 5.10 Å². The van der Waals surface area contributed by atoms with Gasteiger partial charge in [0.2, 0.25) is 0 Å². The Labute approximate surface area is 167 Å². The van der Waals surface area contributed by atoms with Crippen LogP contribution in [0, 0.1) is 6.92 Å². The van der Waals surface area contributed by atoms with Crippen LogP contribution < -0.4 is 10.9 Å². The van der Waals surface area contributed by atoms with Crippen molar-refractivity contribution >= 4 is 16.9 Å². The quantitative estimate of drug-likeness (QED) is 0.571. The number of aromatic nitrogens is 4. The molecular formula is C22H21N5O2. The molecule has 4 rings (SSSR count). The highest BCUT2D eigenvalue weighted by Gasteiger charge is 2.11. The lowest BCUT2D eigenvalue weighted by molar-refractivity contribution is 0.0951. The van der Waals surface area contributed by atoms with E-state index in [0.29, 0.717) is 29.9 Å². The molecule has 146 valence electrons. The van der Waals surface area contributed by atoms with E-state index in [1.807, 2.05) is 43.5 Å². The Morgan fingerprint density at radius 1 is 1.14 bits per heavy atom. The predicted molar refractivity (Wildman–Crippen MR) is 111 cm³/mol. The van der Waals surface area contributed by atoms with E-state index in [2.05, 4.69) is 15.4 Å². The number of nitrogens with one attached hydrogen (secondary N) is 1. The summed E-state index contributed by atoms with van der Waals surface area (Å²) < 4.78 is 3.44. The lowest BCUT2D eigenvalue weighted by Crippen LogP contribution is -2.25. The van der Waals surface area contributed by atoms with Crippen LogP contribution in [-0.4, -0.2) is 25.2 Å². The molecule has 7 nitrogen and oxygen atoms in total. The van der Waals surface area contributed by atoms with E-state index in [9.17, 15) is 9.59 Å². The fourth-order valence-corrected chi connectivity index (χ4v) is 3.29. The molecule has 0 aliphatic rings. The minimum atomic E-state index is -0.201. The van der Waals surface area contributed by atoms with Gasteiger partial charge in [-0.1, -0.05) is 18.2 Å². The maximum absolute atomic E-state index is 12.6. The largest absolute Gasteiger partial charge is 0.348 e. The molecule has 2 aromatic carbocycles. The van der Waals surface area contributed by atoms with Gasteiger partial charge < -0.3 is 9.88 Å². The van der Waals surface area contributed by atoms with Crippen molar-refractivity contribution in [3.63, 3.8) is 0 Å². The topological polar surface area (TPSA) is 81.8 Å². The van der Waals surface area contributed by atoms with Crippen molar-refractivity contribution < 1.29 is 4.79 Å². The number of benzene rings is 2. The van der Waals surface area contributed by atoms with Crippen LogP contribution in [0.3, 0.4) is 0 Å². The monoisotopic (exact) mass is 387 g/mol. The summed E-state index contributed by atoms with van der Waals surface area (Å²) in [5.74, 6) is -0.201. The van der Waals surface area contributed by atoms with Gasteiger partial charge in [0.25, 0.3) is 11.5 Å². The van der Waals surface area contributed by atoms with Gasteiger partial charge in [-0.15, -0.1) is 0 Å². The molecule has 4 aromatic rings. The smallest absolute Gasteiger partial charge is 0.272 e. The molecule has 0 aliphatic carbocycles. The Hall–Kier alpha value is -3.74. The summed E-state index contributed by atoms with van der Waals surface area (Å²) in [4.78, 5) is 29.2. The summed E-state index contributed by atoms with van der Waals surface area (Å²) in [7, 11) is 0. The number of fused-ring (bicyclic) bond motifs is 1. The summed E-state index contributed by atoms with van der Waals surface area (Å²) >= 11 is 0. The molecule has 29 heavy (non-hydrogen) atoms. The van der Waals surface area contributed by atoms with Crippen molar-refractivity contribution in [2.45, 2.75) is 26.9 Å². The number of aryl methyl sites for hydroxylation is 2. The van der Waals surface area contributed by atoms with Crippen molar-refractivity contribution in [3.05, 3.63) is 88.1 Å². The van der Waals surface area contributed by atoms with E-state index in [1.54, 1.807) is 40.6 Å². The van der Waals surface area contributed by atoms with E-state index < -0.39 is 0 Å². The molecule has 0 unspecified atom stereocenters. The zero-order chi connectivity index (χ0) is 20.4. The van der Waals surface area contributed by atoms with E-state index in [-0.39, 0.29) is 11.5 Å². The lowest BCUT2D eigenvalue weighted by atomic mass is 10.1. The minimum Gasteiger partial charge on any atom is -0.348 e. The Balaban J connectivity index is 1.52. The summed E-state index contributed by atoms with van der Waals surface area (Å²) in [6, 6.07) is 15.0. The summed E-state index contributed by atoms with van der Waals surface area (Å²) in [6.45, 7) is 4.52. The fourth-order valence-electron chi connectivity index (χ4n) is 3.29. The van der Waals surface area contributed by atoms with Gasteiger partial charge in [-0.25, -0.2) is 9.67 Å². The molecule has 0 saturated heterocycles. The lowest BCUT2D eigenvalue weighted by Gasteiger charge is -2.10. The third-order valence-electron chi connectivity index (χ3n) is 4.80. The molecule has 0 radical (unpaired) electrons. The Kier molecular flexibility index (Phi) is 4.95. The number of carbonyl (C=O) groups is 1. The number of hydrogen-bond donors (Lipinski definition) is 1. The van der Waals surface area contributed by atoms with E-state index in [0.717, 1.165) is 16.8 Å². The molecule has 7 heteroatoms. The zero-order valence-electron chi connectivity index (χ0n) is 16.3. The minimum absolute atomic E-state index is 0.104. The maximum Gasteiger partial charge on any atom is 0.272 e. The highest BCUT2D eigenvalue weighted by atomic mass is 16.1. The number of nitrogens with zero attached hydrogens (tertiary/aromatic N) is 4. The maximum atomic E-state index is 12.6. The molecular weight excluding hydrogens is 366 g/mol. The van der Waals surface area contributed by atoms with Crippen molar-refractivity contribution in [2.24, 2.45) is 0 Å². The highest BCUT2D eigenvalue weighted by molar-refractivity contribution is 5.97. The summed E-state index contributed by atoms with van der Waals surface area (Å²) in [6.07, 6.45) is 3.62. The molecule has 1 N–H and O–H groups in total. The van der Waals surface area contributed by atoms with Crippen molar-refractivity contribution in [1.29, 1.82) is 0 Å². The van der Waals surface area contributed by atoms with E-state index >= 15 is 0 Å². The van der Waals surface area contributed by atoms with Gasteiger partial charge in [-0.05, 0) is 44.2 Å². The Morgan fingerprint density at radius 3 is 2.69 bits per heavy atom. The molecule has 0 saturated carbocycles. The van der Waals surface area contributed by atoms with Crippen LogP contribution in [0.25, 0.3) is 16.7 Å². The van der Waals surface area contributed by atoms with Crippen LogP contribution in [-0.2, 0) is 13.1 Å². The van der Waals surface area contributed by atoms with Gasteiger partial charge in [-0.3, -0.25) is 9.59 Å². The van der Waals surface area contributed by atoms with Crippen molar-refractivity contribution in [1.82, 2.24) is 24.6 Å². The summed E-state index contributed by atoms with van der Waals surface area (Å²) in [5, 5.41) is 7.25. The van der Waals surface area contributed by atoms with Crippen LogP contribution in [0.15, 0.2) is 65.7 Å². The van der Waals surface area contributed by atoms with Crippen molar-refractivity contribution in [3.8, 4) is 5.69 Å². The third kappa shape index (κ3) is 3.67. The average Bonchev–Trinajstić information content (AvgIpc) is 3.22. The molecule has 0 spiro atoms. The average molecular weight is 387 g/mol. The number of para-hydroxylation sites is 1. The van der Waals surface area contributed by atoms with Crippen LogP contribution in [0.5, 0.6) is 0 Å². The molecule has 0 bridgehead atoms. The first-order valence-electron chi connectivity index (χ1n) is 9.45. The molecule has 0 aliphatic heterocycles. The molecule has 2 aromatic heterocycles. The number of rotatable bonds is 5. The van der Waals surface area contributed by atoms with Crippen LogP contribution in [0.2, 0.25) is 0 Å². The number of amides is 1. The number of hydrogen-bond acceptors (Lipinski definition) is 4. The van der Waals surface area contributed by atoms with Crippen LogP contribution in [0.1, 0.15) is 28.5 Å². The van der Waals surface area contributed by atoms with Crippen LogP contribution >= 0.6 is 0 Å². The van der Waals surface area contributed by atoms with Gasteiger partial charge in [0.15, 0.2) is 0 Å².